The second-order valence-corrected chi connectivity index (χ2v) is 9.03. The molecular weight excluding hydrogens is 296 g/mol. The highest BCUT2D eigenvalue weighted by Crippen LogP contribution is 2.23. The first-order valence-electron chi connectivity index (χ1n) is 8.02. The minimum absolute atomic E-state index is 0.0591. The van der Waals surface area contributed by atoms with Gasteiger partial charge in [0.2, 0.25) is 10.0 Å². The SMILES string of the molecule is CC(C)(C)N1CCCC(CNS(=O)(=O)Cc2ccccc2)C1. The fourth-order valence-corrected chi connectivity index (χ4v) is 4.15. The molecule has 1 aliphatic rings. The zero-order valence-electron chi connectivity index (χ0n) is 13.9. The highest BCUT2D eigenvalue weighted by molar-refractivity contribution is 7.88. The summed E-state index contributed by atoms with van der Waals surface area (Å²) in [6.45, 7) is 9.27. The summed E-state index contributed by atoms with van der Waals surface area (Å²) in [5.74, 6) is 0.460. The molecule has 1 unspecified atom stereocenters. The van der Waals surface area contributed by atoms with Crippen molar-refractivity contribution in [2.75, 3.05) is 19.6 Å². The third kappa shape index (κ3) is 5.38. The number of piperidine rings is 1. The minimum atomic E-state index is -3.26. The highest BCUT2D eigenvalue weighted by atomic mass is 32.2. The third-order valence-electron chi connectivity index (χ3n) is 4.26. The molecule has 1 N–H and O–H groups in total. The summed E-state index contributed by atoms with van der Waals surface area (Å²) in [6.07, 6.45) is 2.24. The van der Waals surface area contributed by atoms with Gasteiger partial charge in [-0.2, -0.15) is 0 Å². The van der Waals surface area contributed by atoms with Gasteiger partial charge in [-0.1, -0.05) is 30.3 Å². The molecule has 124 valence electrons. The first-order chi connectivity index (χ1) is 10.3. The zero-order valence-corrected chi connectivity index (χ0v) is 14.7. The van der Waals surface area contributed by atoms with E-state index in [9.17, 15) is 8.42 Å². The average Bonchev–Trinajstić information content (AvgIpc) is 2.45. The Bertz CT molecular complexity index is 564. The Balaban J connectivity index is 1.86. The van der Waals surface area contributed by atoms with Gasteiger partial charge in [0, 0.05) is 18.6 Å². The zero-order chi connectivity index (χ0) is 16.2. The lowest BCUT2D eigenvalue weighted by Gasteiger charge is -2.41. The molecule has 0 saturated carbocycles. The van der Waals surface area contributed by atoms with Crippen molar-refractivity contribution in [3.05, 3.63) is 35.9 Å². The van der Waals surface area contributed by atoms with Crippen LogP contribution >= 0.6 is 0 Å². The quantitative estimate of drug-likeness (QED) is 0.906. The van der Waals surface area contributed by atoms with Gasteiger partial charge in [0.05, 0.1) is 5.75 Å². The molecule has 0 spiro atoms. The molecule has 1 aromatic rings. The maximum Gasteiger partial charge on any atom is 0.215 e. The van der Waals surface area contributed by atoms with Gasteiger partial charge in [0.1, 0.15) is 0 Å². The Labute approximate surface area is 135 Å². The van der Waals surface area contributed by atoms with Gasteiger partial charge in [-0.05, 0) is 51.6 Å². The van der Waals surface area contributed by atoms with Gasteiger partial charge in [-0.3, -0.25) is 4.90 Å². The lowest BCUT2D eigenvalue weighted by molar-refractivity contribution is 0.0804. The highest BCUT2D eigenvalue weighted by Gasteiger charge is 2.28. The van der Waals surface area contributed by atoms with Crippen molar-refractivity contribution in [3.63, 3.8) is 0 Å². The smallest absolute Gasteiger partial charge is 0.215 e. The molecule has 22 heavy (non-hydrogen) atoms. The van der Waals surface area contributed by atoms with E-state index < -0.39 is 10.0 Å². The van der Waals surface area contributed by atoms with Gasteiger partial charge in [0.15, 0.2) is 0 Å². The molecule has 4 nitrogen and oxygen atoms in total. The maximum atomic E-state index is 12.2. The molecule has 1 atom stereocenters. The van der Waals surface area contributed by atoms with Crippen molar-refractivity contribution in [1.29, 1.82) is 0 Å². The van der Waals surface area contributed by atoms with Crippen LogP contribution in [0.3, 0.4) is 0 Å². The number of nitrogens with zero attached hydrogens (tertiary/aromatic N) is 1. The summed E-state index contributed by atoms with van der Waals surface area (Å²) in [5.41, 5.74) is 0.983. The Morgan fingerprint density at radius 1 is 1.23 bits per heavy atom. The Morgan fingerprint density at radius 3 is 2.55 bits per heavy atom. The number of sulfonamides is 1. The molecule has 2 rings (SSSR count). The van der Waals surface area contributed by atoms with Crippen molar-refractivity contribution < 1.29 is 8.42 Å². The molecule has 1 heterocycles. The Hall–Kier alpha value is -0.910. The molecule has 0 aliphatic carbocycles. The van der Waals surface area contributed by atoms with Crippen LogP contribution in [0.1, 0.15) is 39.2 Å². The van der Waals surface area contributed by atoms with E-state index in [1.54, 1.807) is 0 Å². The number of likely N-dealkylation sites (tertiary alicyclic amines) is 1. The van der Waals surface area contributed by atoms with Crippen LogP contribution in [0.4, 0.5) is 0 Å². The van der Waals surface area contributed by atoms with Gasteiger partial charge in [-0.15, -0.1) is 0 Å². The van der Waals surface area contributed by atoms with Crippen LogP contribution in [-0.4, -0.2) is 38.5 Å². The van der Waals surface area contributed by atoms with Gasteiger partial charge < -0.3 is 0 Å². The van der Waals surface area contributed by atoms with Crippen molar-refractivity contribution in [3.8, 4) is 0 Å². The molecule has 0 aromatic heterocycles. The molecule has 1 aromatic carbocycles. The second kappa shape index (κ2) is 7.11. The van der Waals surface area contributed by atoms with Crippen LogP contribution in [0.2, 0.25) is 0 Å². The fourth-order valence-electron chi connectivity index (χ4n) is 2.93. The Morgan fingerprint density at radius 2 is 1.91 bits per heavy atom. The number of hydrogen-bond donors (Lipinski definition) is 1. The predicted molar refractivity (Wildman–Crippen MR) is 91.1 cm³/mol. The van der Waals surface area contributed by atoms with E-state index in [0.717, 1.165) is 31.5 Å². The summed E-state index contributed by atoms with van der Waals surface area (Å²) in [5, 5.41) is 0. The first kappa shape index (κ1) is 17.4. The lowest BCUT2D eigenvalue weighted by Crippen LogP contribution is -2.49. The van der Waals surface area contributed by atoms with Gasteiger partial charge >= 0.3 is 0 Å². The van der Waals surface area contributed by atoms with Crippen LogP contribution in [0.5, 0.6) is 0 Å². The van der Waals surface area contributed by atoms with Crippen molar-refractivity contribution in [1.82, 2.24) is 9.62 Å². The first-order valence-corrected chi connectivity index (χ1v) is 9.68. The molecular formula is C17H28N2O2S. The molecule has 0 radical (unpaired) electrons. The van der Waals surface area contributed by atoms with E-state index in [0.29, 0.717) is 12.5 Å². The van der Waals surface area contributed by atoms with Crippen molar-refractivity contribution >= 4 is 10.0 Å². The predicted octanol–water partition coefficient (Wildman–Crippen LogP) is 2.62. The summed E-state index contributed by atoms with van der Waals surface area (Å²) in [6, 6.07) is 9.33. The van der Waals surface area contributed by atoms with Crippen LogP contribution in [0, 0.1) is 5.92 Å². The number of nitrogens with one attached hydrogen (secondary N) is 1. The Kier molecular flexibility index (Phi) is 5.64. The molecule has 0 bridgehead atoms. The monoisotopic (exact) mass is 324 g/mol. The van der Waals surface area contributed by atoms with Gasteiger partial charge in [-0.25, -0.2) is 13.1 Å². The van der Waals surface area contributed by atoms with E-state index in [-0.39, 0.29) is 11.3 Å². The number of rotatable bonds is 5. The summed E-state index contributed by atoms with van der Waals surface area (Å²) in [7, 11) is -3.26. The maximum absolute atomic E-state index is 12.2. The lowest BCUT2D eigenvalue weighted by atomic mass is 9.94. The molecule has 1 fully saturated rings. The van der Waals surface area contributed by atoms with E-state index in [4.69, 9.17) is 0 Å². The van der Waals surface area contributed by atoms with Crippen LogP contribution < -0.4 is 4.72 Å². The van der Waals surface area contributed by atoms with Crippen LogP contribution in [0.15, 0.2) is 30.3 Å². The molecule has 1 aliphatic heterocycles. The van der Waals surface area contributed by atoms with Crippen molar-refractivity contribution in [2.45, 2.75) is 44.9 Å². The fraction of sp³-hybridized carbons (Fsp3) is 0.647. The van der Waals surface area contributed by atoms with E-state index >= 15 is 0 Å². The largest absolute Gasteiger partial charge is 0.298 e. The third-order valence-corrected chi connectivity index (χ3v) is 5.58. The summed E-state index contributed by atoms with van der Waals surface area (Å²) in [4.78, 5) is 2.45. The van der Waals surface area contributed by atoms with E-state index in [2.05, 4.69) is 30.4 Å². The molecule has 0 amide bonds. The summed E-state index contributed by atoms with van der Waals surface area (Å²) >= 11 is 0. The van der Waals surface area contributed by atoms with Gasteiger partial charge in [0.25, 0.3) is 0 Å². The average molecular weight is 324 g/mol. The summed E-state index contributed by atoms with van der Waals surface area (Å²) < 4.78 is 27.2. The normalized spacial score (nSPS) is 21.0. The standard InChI is InChI=1S/C17H28N2O2S/c1-17(2,3)19-11-7-10-16(13-19)12-18-22(20,21)14-15-8-5-4-6-9-15/h4-6,8-9,16,18H,7,10-14H2,1-3H3. The second-order valence-electron chi connectivity index (χ2n) is 7.22. The molecule has 1 saturated heterocycles. The van der Waals surface area contributed by atoms with Crippen LogP contribution in [-0.2, 0) is 15.8 Å². The van der Waals surface area contributed by atoms with Crippen LogP contribution in [0.25, 0.3) is 0 Å². The molecule has 5 heteroatoms. The topological polar surface area (TPSA) is 49.4 Å². The van der Waals surface area contributed by atoms with E-state index in [1.165, 1.54) is 0 Å². The number of hydrogen-bond acceptors (Lipinski definition) is 3. The van der Waals surface area contributed by atoms with E-state index in [1.807, 2.05) is 30.3 Å². The number of benzene rings is 1. The minimum Gasteiger partial charge on any atom is -0.298 e. The van der Waals surface area contributed by atoms with Crippen molar-refractivity contribution in [2.24, 2.45) is 5.92 Å².